The molecule has 0 unspecified atom stereocenters. The van der Waals surface area contributed by atoms with Crippen LogP contribution in [0.25, 0.3) is 0 Å². The van der Waals surface area contributed by atoms with Gasteiger partial charge < -0.3 is 15.2 Å². The number of carboxylic acid groups (broad SMARTS) is 1. The predicted octanol–water partition coefficient (Wildman–Crippen LogP) is 3.31. The lowest BCUT2D eigenvalue weighted by atomic mass is 10.0. The summed E-state index contributed by atoms with van der Waals surface area (Å²) in [5.74, 6) is -2.38. The van der Waals surface area contributed by atoms with Crippen LogP contribution in [0, 0.1) is 0 Å². The van der Waals surface area contributed by atoms with E-state index in [4.69, 9.17) is 11.6 Å². The Bertz CT molecular complexity index is 855. The zero-order valence-corrected chi connectivity index (χ0v) is 16.0. The summed E-state index contributed by atoms with van der Waals surface area (Å²) in [6.45, 7) is 0. The molecular weight excluding hydrogens is 426 g/mol. The number of hydrogen-bond acceptors (Lipinski definition) is 4. The molecule has 2 N–H and O–H groups in total. The van der Waals surface area contributed by atoms with E-state index in [2.05, 4.69) is 26.0 Å². The molecule has 0 aromatic heterocycles. The first-order valence-electron chi connectivity index (χ1n) is 7.47. The summed E-state index contributed by atoms with van der Waals surface area (Å²) in [5.41, 5.74) is 1.00. The fraction of sp³-hybridized carbons (Fsp3) is 0.167. The van der Waals surface area contributed by atoms with Gasteiger partial charge in [0.15, 0.2) is 0 Å². The lowest BCUT2D eigenvalue weighted by Gasteiger charge is -2.16. The van der Waals surface area contributed by atoms with E-state index in [9.17, 15) is 19.5 Å². The number of benzene rings is 2. The van der Waals surface area contributed by atoms with Crippen molar-refractivity contribution in [2.75, 3.05) is 7.11 Å². The van der Waals surface area contributed by atoms with Crippen LogP contribution in [0.4, 0.5) is 0 Å². The first-order valence-corrected chi connectivity index (χ1v) is 8.65. The average Bonchev–Trinajstić information content (AvgIpc) is 2.63. The summed E-state index contributed by atoms with van der Waals surface area (Å²) in [4.78, 5) is 35.5. The van der Waals surface area contributed by atoms with E-state index in [-0.39, 0.29) is 17.5 Å². The molecule has 0 fully saturated rings. The molecular formula is C18H15BrClNO5. The molecule has 0 heterocycles. The molecule has 0 saturated carbocycles. The van der Waals surface area contributed by atoms with E-state index in [0.717, 1.165) is 0 Å². The minimum atomic E-state index is -1.19. The standard InChI is InChI=1S/C18H15BrClNO5/c1-26-18(25)11-4-2-3-10(7-11)16(22)21-15(17(23)24)9-12-8-13(20)5-6-14(12)19/h2-8,15H,9H2,1H3,(H,21,22)(H,23,24)/t15-/m0/s1. The van der Waals surface area contributed by atoms with E-state index in [1.807, 2.05) is 0 Å². The molecule has 8 heteroatoms. The van der Waals surface area contributed by atoms with Crippen LogP contribution >= 0.6 is 27.5 Å². The molecule has 1 atom stereocenters. The van der Waals surface area contributed by atoms with Gasteiger partial charge in [-0.2, -0.15) is 0 Å². The Hall–Kier alpha value is -2.38. The highest BCUT2D eigenvalue weighted by Gasteiger charge is 2.23. The molecule has 0 aliphatic heterocycles. The molecule has 0 bridgehead atoms. The lowest BCUT2D eigenvalue weighted by molar-refractivity contribution is -0.139. The summed E-state index contributed by atoms with van der Waals surface area (Å²) in [5, 5.41) is 12.4. The summed E-state index contributed by atoms with van der Waals surface area (Å²) in [6, 6.07) is 9.68. The third-order valence-electron chi connectivity index (χ3n) is 3.58. The van der Waals surface area contributed by atoms with Crippen molar-refractivity contribution in [2.24, 2.45) is 0 Å². The number of nitrogens with one attached hydrogen (secondary N) is 1. The smallest absolute Gasteiger partial charge is 0.337 e. The van der Waals surface area contributed by atoms with E-state index >= 15 is 0 Å². The number of halogens is 2. The van der Waals surface area contributed by atoms with E-state index in [1.54, 1.807) is 18.2 Å². The molecule has 2 aromatic carbocycles. The molecule has 1 amide bonds. The Balaban J connectivity index is 2.19. The van der Waals surface area contributed by atoms with Crippen LogP contribution in [-0.4, -0.2) is 36.1 Å². The van der Waals surface area contributed by atoms with E-state index in [0.29, 0.717) is 15.1 Å². The summed E-state index contributed by atoms with van der Waals surface area (Å²) < 4.78 is 5.30. The van der Waals surface area contributed by atoms with E-state index in [1.165, 1.54) is 31.4 Å². The Morgan fingerprint density at radius 3 is 2.54 bits per heavy atom. The van der Waals surface area contributed by atoms with Crippen molar-refractivity contribution in [3.63, 3.8) is 0 Å². The molecule has 0 saturated heterocycles. The summed E-state index contributed by atoms with van der Waals surface area (Å²) in [7, 11) is 1.23. The van der Waals surface area contributed by atoms with Crippen LogP contribution < -0.4 is 5.32 Å². The average molecular weight is 441 g/mol. The first kappa shape index (κ1) is 19.9. The largest absolute Gasteiger partial charge is 0.480 e. The molecule has 2 aromatic rings. The number of aliphatic carboxylic acids is 1. The maximum atomic E-state index is 12.4. The fourth-order valence-electron chi connectivity index (χ4n) is 2.27. The Kier molecular flexibility index (Phi) is 6.76. The molecule has 0 radical (unpaired) electrons. The maximum absolute atomic E-state index is 12.4. The number of methoxy groups -OCH3 is 1. The van der Waals surface area contributed by atoms with Crippen molar-refractivity contribution in [3.8, 4) is 0 Å². The van der Waals surface area contributed by atoms with Crippen LogP contribution in [0.2, 0.25) is 5.02 Å². The van der Waals surface area contributed by atoms with Gasteiger partial charge in [-0.3, -0.25) is 4.79 Å². The zero-order valence-electron chi connectivity index (χ0n) is 13.7. The van der Waals surface area contributed by atoms with Gasteiger partial charge in [0.05, 0.1) is 12.7 Å². The highest BCUT2D eigenvalue weighted by Crippen LogP contribution is 2.22. The maximum Gasteiger partial charge on any atom is 0.337 e. The number of hydrogen-bond donors (Lipinski definition) is 2. The van der Waals surface area contributed by atoms with Gasteiger partial charge in [-0.05, 0) is 42.0 Å². The summed E-state index contributed by atoms with van der Waals surface area (Å²) in [6.07, 6.45) is 0.0406. The molecule has 2 rings (SSSR count). The SMILES string of the molecule is COC(=O)c1cccc(C(=O)N[C@@H](Cc2cc(Cl)ccc2Br)C(=O)O)c1. The molecule has 0 aliphatic rings. The van der Waals surface area contributed by atoms with Gasteiger partial charge in [-0.1, -0.05) is 33.6 Å². The second-order valence-corrected chi connectivity index (χ2v) is 6.67. The van der Waals surface area contributed by atoms with Crippen LogP contribution in [0.5, 0.6) is 0 Å². The van der Waals surface area contributed by atoms with Crippen molar-refractivity contribution in [1.29, 1.82) is 0 Å². The molecule has 26 heavy (non-hydrogen) atoms. The number of amides is 1. The highest BCUT2D eigenvalue weighted by atomic mass is 79.9. The van der Waals surface area contributed by atoms with Crippen molar-refractivity contribution in [2.45, 2.75) is 12.5 Å². The van der Waals surface area contributed by atoms with E-state index < -0.39 is 23.9 Å². The van der Waals surface area contributed by atoms with Crippen molar-refractivity contribution in [1.82, 2.24) is 5.32 Å². The van der Waals surface area contributed by atoms with Gasteiger partial charge in [0.2, 0.25) is 0 Å². The quantitative estimate of drug-likeness (QED) is 0.672. The van der Waals surface area contributed by atoms with Crippen molar-refractivity contribution < 1.29 is 24.2 Å². The van der Waals surface area contributed by atoms with Crippen molar-refractivity contribution >= 4 is 45.4 Å². The highest BCUT2D eigenvalue weighted by molar-refractivity contribution is 9.10. The minimum absolute atomic E-state index is 0.0406. The number of esters is 1. The topological polar surface area (TPSA) is 92.7 Å². The number of ether oxygens (including phenoxy) is 1. The minimum Gasteiger partial charge on any atom is -0.480 e. The van der Waals surface area contributed by atoms with Gasteiger partial charge in [0, 0.05) is 21.5 Å². The molecule has 136 valence electrons. The molecule has 0 spiro atoms. The Morgan fingerprint density at radius 2 is 1.88 bits per heavy atom. The van der Waals surface area contributed by atoms with Crippen molar-refractivity contribution in [3.05, 3.63) is 68.7 Å². The first-order chi connectivity index (χ1) is 12.3. The Labute approximate surface area is 163 Å². The Morgan fingerprint density at radius 1 is 1.19 bits per heavy atom. The third-order valence-corrected chi connectivity index (χ3v) is 4.59. The zero-order chi connectivity index (χ0) is 19.3. The van der Waals surface area contributed by atoms with Crippen LogP contribution in [-0.2, 0) is 16.0 Å². The lowest BCUT2D eigenvalue weighted by Crippen LogP contribution is -2.42. The number of carbonyl (C=O) groups excluding carboxylic acids is 2. The predicted molar refractivity (Wildman–Crippen MR) is 99.5 cm³/mol. The van der Waals surface area contributed by atoms with Gasteiger partial charge in [0.25, 0.3) is 5.91 Å². The van der Waals surface area contributed by atoms with Crippen LogP contribution in [0.15, 0.2) is 46.9 Å². The number of rotatable bonds is 6. The second-order valence-electron chi connectivity index (χ2n) is 5.38. The molecule has 6 nitrogen and oxygen atoms in total. The second kappa shape index (κ2) is 8.82. The van der Waals surface area contributed by atoms with Crippen LogP contribution in [0.1, 0.15) is 26.3 Å². The normalized spacial score (nSPS) is 11.5. The summed E-state index contributed by atoms with van der Waals surface area (Å²) >= 11 is 9.28. The van der Waals surface area contributed by atoms with Crippen LogP contribution in [0.3, 0.4) is 0 Å². The monoisotopic (exact) mass is 439 g/mol. The fourth-order valence-corrected chi connectivity index (χ4v) is 2.87. The van der Waals surface area contributed by atoms with Gasteiger partial charge in [-0.25, -0.2) is 9.59 Å². The number of carboxylic acids is 1. The van der Waals surface area contributed by atoms with Gasteiger partial charge in [-0.15, -0.1) is 0 Å². The molecule has 0 aliphatic carbocycles. The van der Waals surface area contributed by atoms with Gasteiger partial charge in [0.1, 0.15) is 6.04 Å². The third kappa shape index (κ3) is 5.06. The number of carbonyl (C=O) groups is 3. The van der Waals surface area contributed by atoms with Gasteiger partial charge >= 0.3 is 11.9 Å².